The van der Waals surface area contributed by atoms with Crippen LogP contribution < -0.4 is 5.32 Å². The predicted octanol–water partition coefficient (Wildman–Crippen LogP) is 2.23. The van der Waals surface area contributed by atoms with Gasteiger partial charge in [-0.25, -0.2) is 4.79 Å². The summed E-state index contributed by atoms with van der Waals surface area (Å²) in [5, 5.41) is 3.04. The molecule has 1 aliphatic carbocycles. The molecule has 0 aliphatic heterocycles. The third-order valence-electron chi connectivity index (χ3n) is 3.07. The second-order valence-electron chi connectivity index (χ2n) is 5.28. The number of rotatable bonds is 1. The van der Waals surface area contributed by atoms with Crippen molar-refractivity contribution >= 4 is 6.03 Å². The highest BCUT2D eigenvalue weighted by Crippen LogP contribution is 2.34. The SMILES string of the molecule is CN(C)C(=O)NC1CCC(C)(C)CC1. The number of nitrogens with one attached hydrogen (secondary N) is 1. The van der Waals surface area contributed by atoms with Crippen LogP contribution in [-0.4, -0.2) is 31.1 Å². The Morgan fingerprint density at radius 2 is 1.79 bits per heavy atom. The number of amides is 2. The molecule has 0 saturated heterocycles. The average Bonchev–Trinajstić information content (AvgIpc) is 2.08. The topological polar surface area (TPSA) is 32.3 Å². The van der Waals surface area contributed by atoms with Crippen molar-refractivity contribution in [2.45, 2.75) is 45.6 Å². The van der Waals surface area contributed by atoms with Crippen LogP contribution in [0.3, 0.4) is 0 Å². The van der Waals surface area contributed by atoms with Crippen molar-refractivity contribution in [3.63, 3.8) is 0 Å². The first-order valence-corrected chi connectivity index (χ1v) is 5.38. The average molecular weight is 198 g/mol. The lowest BCUT2D eigenvalue weighted by Crippen LogP contribution is -2.43. The Bertz CT molecular complexity index is 201. The molecular weight excluding hydrogens is 176 g/mol. The van der Waals surface area contributed by atoms with Gasteiger partial charge in [0.15, 0.2) is 0 Å². The van der Waals surface area contributed by atoms with E-state index in [1.54, 1.807) is 19.0 Å². The second-order valence-corrected chi connectivity index (χ2v) is 5.28. The van der Waals surface area contributed by atoms with Crippen LogP contribution in [-0.2, 0) is 0 Å². The van der Waals surface area contributed by atoms with Crippen LogP contribution in [0, 0.1) is 5.41 Å². The van der Waals surface area contributed by atoms with Crippen LogP contribution >= 0.6 is 0 Å². The molecule has 0 unspecified atom stereocenters. The molecule has 1 aliphatic rings. The van der Waals surface area contributed by atoms with Gasteiger partial charge in [0.2, 0.25) is 0 Å². The molecule has 1 rings (SSSR count). The molecule has 0 aromatic rings. The van der Waals surface area contributed by atoms with Gasteiger partial charge in [-0.15, -0.1) is 0 Å². The van der Waals surface area contributed by atoms with Gasteiger partial charge >= 0.3 is 6.03 Å². The Kier molecular flexibility index (Phi) is 3.40. The Balaban J connectivity index is 2.33. The van der Waals surface area contributed by atoms with E-state index in [4.69, 9.17) is 0 Å². The Labute approximate surface area is 86.9 Å². The lowest BCUT2D eigenvalue weighted by atomic mass is 9.76. The molecule has 3 heteroatoms. The molecular formula is C11H22N2O. The summed E-state index contributed by atoms with van der Waals surface area (Å²) in [5.41, 5.74) is 0.472. The maximum absolute atomic E-state index is 11.4. The van der Waals surface area contributed by atoms with Crippen LogP contribution in [0.5, 0.6) is 0 Å². The monoisotopic (exact) mass is 198 g/mol. The van der Waals surface area contributed by atoms with Crippen molar-refractivity contribution in [2.75, 3.05) is 14.1 Å². The van der Waals surface area contributed by atoms with Crippen LogP contribution in [0.4, 0.5) is 4.79 Å². The van der Waals surface area contributed by atoms with Gasteiger partial charge in [0, 0.05) is 20.1 Å². The van der Waals surface area contributed by atoms with E-state index < -0.39 is 0 Å². The summed E-state index contributed by atoms with van der Waals surface area (Å²) in [5.74, 6) is 0. The van der Waals surface area contributed by atoms with Crippen molar-refractivity contribution < 1.29 is 4.79 Å². The summed E-state index contributed by atoms with van der Waals surface area (Å²) in [4.78, 5) is 13.0. The summed E-state index contributed by atoms with van der Waals surface area (Å²) in [6, 6.07) is 0.424. The molecule has 3 nitrogen and oxygen atoms in total. The fraction of sp³-hybridized carbons (Fsp3) is 0.909. The van der Waals surface area contributed by atoms with Gasteiger partial charge in [-0.3, -0.25) is 0 Å². The van der Waals surface area contributed by atoms with Gasteiger partial charge in [0.25, 0.3) is 0 Å². The minimum atomic E-state index is 0.0368. The molecule has 0 atom stereocenters. The molecule has 2 amide bonds. The molecule has 0 bridgehead atoms. The van der Waals surface area contributed by atoms with Gasteiger partial charge in [0.1, 0.15) is 0 Å². The predicted molar refractivity (Wildman–Crippen MR) is 58.3 cm³/mol. The molecule has 14 heavy (non-hydrogen) atoms. The molecule has 0 heterocycles. The zero-order chi connectivity index (χ0) is 10.8. The summed E-state index contributed by atoms with van der Waals surface area (Å²) in [6.45, 7) is 4.61. The normalized spacial score (nSPS) is 21.7. The minimum absolute atomic E-state index is 0.0368. The van der Waals surface area contributed by atoms with Crippen LogP contribution in [0.2, 0.25) is 0 Å². The fourth-order valence-electron chi connectivity index (χ4n) is 1.85. The quantitative estimate of drug-likeness (QED) is 0.688. The number of nitrogens with zero attached hydrogens (tertiary/aromatic N) is 1. The summed E-state index contributed by atoms with van der Waals surface area (Å²) in [7, 11) is 3.56. The molecule has 82 valence electrons. The van der Waals surface area contributed by atoms with E-state index in [1.165, 1.54) is 12.8 Å². The van der Waals surface area contributed by atoms with Gasteiger partial charge in [-0.1, -0.05) is 13.8 Å². The van der Waals surface area contributed by atoms with E-state index in [1.807, 2.05) is 0 Å². The standard InChI is InChI=1S/C11H22N2O/c1-11(2)7-5-9(6-8-11)12-10(14)13(3)4/h9H,5-8H2,1-4H3,(H,12,14). The van der Waals surface area contributed by atoms with Crippen molar-refractivity contribution in [3.05, 3.63) is 0 Å². The zero-order valence-electron chi connectivity index (χ0n) is 9.76. The van der Waals surface area contributed by atoms with E-state index in [-0.39, 0.29) is 6.03 Å². The molecule has 1 N–H and O–H groups in total. The third kappa shape index (κ3) is 3.20. The number of urea groups is 1. The Morgan fingerprint density at radius 1 is 1.29 bits per heavy atom. The van der Waals surface area contributed by atoms with Crippen molar-refractivity contribution in [2.24, 2.45) is 5.41 Å². The Hall–Kier alpha value is -0.730. The Morgan fingerprint density at radius 3 is 2.21 bits per heavy atom. The molecule has 1 fully saturated rings. The van der Waals surface area contributed by atoms with Crippen LogP contribution in [0.25, 0.3) is 0 Å². The molecule has 0 aromatic carbocycles. The summed E-state index contributed by atoms with van der Waals surface area (Å²) < 4.78 is 0. The number of hydrogen-bond donors (Lipinski definition) is 1. The third-order valence-corrected chi connectivity index (χ3v) is 3.07. The van der Waals surface area contributed by atoms with Gasteiger partial charge < -0.3 is 10.2 Å². The minimum Gasteiger partial charge on any atom is -0.335 e. The highest BCUT2D eigenvalue weighted by Gasteiger charge is 2.27. The maximum Gasteiger partial charge on any atom is 0.317 e. The fourth-order valence-corrected chi connectivity index (χ4v) is 1.85. The summed E-state index contributed by atoms with van der Waals surface area (Å²) in [6.07, 6.45) is 4.66. The van der Waals surface area contributed by atoms with Crippen molar-refractivity contribution in [1.82, 2.24) is 10.2 Å². The number of hydrogen-bond acceptors (Lipinski definition) is 1. The zero-order valence-corrected chi connectivity index (χ0v) is 9.76. The highest BCUT2D eigenvalue weighted by atomic mass is 16.2. The number of carbonyl (C=O) groups is 1. The second kappa shape index (κ2) is 4.20. The van der Waals surface area contributed by atoms with E-state index in [2.05, 4.69) is 19.2 Å². The molecule has 0 aromatic heterocycles. The highest BCUT2D eigenvalue weighted by molar-refractivity contribution is 5.73. The molecule has 0 radical (unpaired) electrons. The van der Waals surface area contributed by atoms with Crippen LogP contribution in [0.15, 0.2) is 0 Å². The largest absolute Gasteiger partial charge is 0.335 e. The first-order valence-electron chi connectivity index (χ1n) is 5.38. The maximum atomic E-state index is 11.4. The van der Waals surface area contributed by atoms with Gasteiger partial charge in [-0.05, 0) is 31.1 Å². The lowest BCUT2D eigenvalue weighted by Gasteiger charge is -2.35. The van der Waals surface area contributed by atoms with E-state index in [9.17, 15) is 4.79 Å². The van der Waals surface area contributed by atoms with E-state index in [0.29, 0.717) is 11.5 Å². The number of carbonyl (C=O) groups excluding carboxylic acids is 1. The first kappa shape index (κ1) is 11.3. The van der Waals surface area contributed by atoms with E-state index >= 15 is 0 Å². The van der Waals surface area contributed by atoms with Crippen molar-refractivity contribution in [3.8, 4) is 0 Å². The first-order chi connectivity index (χ1) is 6.41. The van der Waals surface area contributed by atoms with E-state index in [0.717, 1.165) is 12.8 Å². The summed E-state index contributed by atoms with van der Waals surface area (Å²) >= 11 is 0. The van der Waals surface area contributed by atoms with Crippen molar-refractivity contribution in [1.29, 1.82) is 0 Å². The smallest absolute Gasteiger partial charge is 0.317 e. The lowest BCUT2D eigenvalue weighted by molar-refractivity contribution is 0.185. The van der Waals surface area contributed by atoms with Gasteiger partial charge in [0.05, 0.1) is 0 Å². The molecule has 1 saturated carbocycles. The molecule has 0 spiro atoms. The van der Waals surface area contributed by atoms with Gasteiger partial charge in [-0.2, -0.15) is 0 Å². The van der Waals surface area contributed by atoms with Crippen LogP contribution in [0.1, 0.15) is 39.5 Å².